The van der Waals surface area contributed by atoms with Crippen LogP contribution >= 0.6 is 0 Å². The Morgan fingerprint density at radius 1 is 1.22 bits per heavy atom. The maximum Gasteiger partial charge on any atom is 0.261 e. The summed E-state index contributed by atoms with van der Waals surface area (Å²) in [5.74, 6) is -0.610. The zero-order chi connectivity index (χ0) is 23.4. The normalized spacial score (nSPS) is 21.9. The van der Waals surface area contributed by atoms with Crippen LogP contribution in [0.3, 0.4) is 0 Å². The molecule has 2 aromatic carbocycles. The third-order valence-corrected chi connectivity index (χ3v) is 7.43. The third kappa shape index (κ3) is 4.02. The van der Waals surface area contributed by atoms with Crippen LogP contribution in [0.25, 0.3) is 0 Å². The van der Waals surface area contributed by atoms with Crippen molar-refractivity contribution in [2.45, 2.75) is 57.4 Å². The van der Waals surface area contributed by atoms with E-state index in [9.17, 15) is 18.5 Å². The highest BCUT2D eigenvalue weighted by Crippen LogP contribution is 2.42. The highest BCUT2D eigenvalue weighted by Gasteiger charge is 2.45. The minimum Gasteiger partial charge on any atom is -0.598 e. The monoisotopic (exact) mass is 458 g/mol. The molecule has 0 spiro atoms. The summed E-state index contributed by atoms with van der Waals surface area (Å²) in [6.07, 6.45) is 0.343. The highest BCUT2D eigenvalue weighted by molar-refractivity contribution is 7.90. The summed E-state index contributed by atoms with van der Waals surface area (Å²) < 4.78 is 35.8. The molecule has 0 aliphatic carbocycles. The van der Waals surface area contributed by atoms with Crippen LogP contribution in [-0.4, -0.2) is 38.2 Å². The smallest absolute Gasteiger partial charge is 0.261 e. The fourth-order valence-electron chi connectivity index (χ4n) is 4.14. The third-order valence-electron chi connectivity index (χ3n) is 5.75. The molecule has 2 heterocycles. The van der Waals surface area contributed by atoms with Crippen molar-refractivity contribution in [3.63, 3.8) is 0 Å². The number of fused-ring (bicyclic) bond motifs is 2. The van der Waals surface area contributed by atoms with Gasteiger partial charge in [0.2, 0.25) is 0 Å². The Morgan fingerprint density at radius 2 is 1.81 bits per heavy atom. The van der Waals surface area contributed by atoms with Crippen molar-refractivity contribution in [2.24, 2.45) is 0 Å². The molecule has 2 unspecified atom stereocenters. The number of carbonyl (C=O) groups is 2. The van der Waals surface area contributed by atoms with Gasteiger partial charge in [0.1, 0.15) is 21.9 Å². The molecule has 2 aromatic rings. The van der Waals surface area contributed by atoms with Crippen molar-refractivity contribution in [1.29, 1.82) is 0 Å². The maximum atomic E-state index is 14.4. The number of ether oxygens (including phenoxy) is 1. The van der Waals surface area contributed by atoms with Crippen LogP contribution < -0.4 is 9.46 Å². The summed E-state index contributed by atoms with van der Waals surface area (Å²) in [6, 6.07) is 9.09. The minimum absolute atomic E-state index is 0.0464. The van der Waals surface area contributed by atoms with Gasteiger partial charge in [-0.2, -0.15) is 0 Å². The van der Waals surface area contributed by atoms with E-state index in [0.717, 1.165) is 0 Å². The predicted molar refractivity (Wildman–Crippen MR) is 120 cm³/mol. The first-order valence-corrected chi connectivity index (χ1v) is 11.7. The number of hydrogen-bond acceptors (Lipinski definition) is 5. The number of amides is 2. The number of hydrogen-bond donors (Lipinski definition) is 1. The average Bonchev–Trinajstić information content (AvgIpc) is 3.16. The largest absolute Gasteiger partial charge is 0.598 e. The van der Waals surface area contributed by atoms with Crippen LogP contribution in [0.15, 0.2) is 36.4 Å². The number of nitrogens with zero attached hydrogens (tertiary/aromatic N) is 1. The molecule has 0 fully saturated rings. The molecule has 0 bridgehead atoms. The Morgan fingerprint density at radius 3 is 2.38 bits per heavy atom. The Bertz CT molecular complexity index is 1060. The lowest BCUT2D eigenvalue weighted by atomic mass is 9.96. The van der Waals surface area contributed by atoms with Crippen molar-refractivity contribution >= 4 is 23.2 Å². The second-order valence-corrected chi connectivity index (χ2v) is 11.7. The van der Waals surface area contributed by atoms with E-state index in [1.54, 1.807) is 24.3 Å². The molecule has 32 heavy (non-hydrogen) atoms. The van der Waals surface area contributed by atoms with E-state index in [1.165, 1.54) is 17.0 Å². The first kappa shape index (κ1) is 22.8. The molecule has 1 N–H and O–H groups in total. The molecule has 0 aromatic heterocycles. The summed E-state index contributed by atoms with van der Waals surface area (Å²) >= 11 is -1.35. The van der Waals surface area contributed by atoms with Gasteiger partial charge >= 0.3 is 0 Å². The zero-order valence-corrected chi connectivity index (χ0v) is 19.6. The molecule has 0 saturated heterocycles. The van der Waals surface area contributed by atoms with E-state index in [2.05, 4.69) is 4.72 Å². The van der Waals surface area contributed by atoms with Gasteiger partial charge in [-0.3, -0.25) is 14.5 Å². The number of nitrogens with one attached hydrogen (secondary N) is 1. The molecule has 4 rings (SSSR count). The lowest BCUT2D eigenvalue weighted by Crippen LogP contribution is -2.46. The molecule has 8 heteroatoms. The van der Waals surface area contributed by atoms with E-state index < -0.39 is 33.6 Å². The number of rotatable bonds is 5. The zero-order valence-electron chi connectivity index (χ0n) is 18.8. The number of imide groups is 1. The SMILES string of the molecule is CC(N[S+]([O-])C(C)(C)C)c1cc(F)cc2c1O[C@@](C)(CN1C(=O)c3ccccc3C1=O)C2. The first-order chi connectivity index (χ1) is 14.9. The quantitative estimate of drug-likeness (QED) is 0.542. The fraction of sp³-hybridized carbons (Fsp3) is 0.417. The van der Waals surface area contributed by atoms with Crippen LogP contribution in [0.4, 0.5) is 4.39 Å². The fourth-order valence-corrected chi connectivity index (χ4v) is 4.94. The Balaban J connectivity index is 1.58. The molecule has 3 atom stereocenters. The van der Waals surface area contributed by atoms with E-state index in [1.807, 2.05) is 34.6 Å². The average molecular weight is 459 g/mol. The topological polar surface area (TPSA) is 81.7 Å². The number of benzene rings is 2. The predicted octanol–water partition coefficient (Wildman–Crippen LogP) is 3.93. The molecule has 2 amide bonds. The Kier molecular flexibility index (Phi) is 5.59. The summed E-state index contributed by atoms with van der Waals surface area (Å²) in [5, 5.41) is 0. The van der Waals surface area contributed by atoms with Gasteiger partial charge < -0.3 is 9.29 Å². The van der Waals surface area contributed by atoms with E-state index in [4.69, 9.17) is 4.74 Å². The van der Waals surface area contributed by atoms with Crippen LogP contribution in [-0.2, 0) is 17.8 Å². The van der Waals surface area contributed by atoms with Crippen LogP contribution in [0, 0.1) is 5.82 Å². The van der Waals surface area contributed by atoms with Gasteiger partial charge in [-0.15, -0.1) is 4.72 Å². The number of carbonyl (C=O) groups excluding carboxylic acids is 2. The molecule has 2 aliphatic heterocycles. The Labute approximate surface area is 190 Å². The van der Waals surface area contributed by atoms with Gasteiger partial charge in [0.05, 0.1) is 23.7 Å². The highest BCUT2D eigenvalue weighted by atomic mass is 32.2. The van der Waals surface area contributed by atoms with Crippen LogP contribution in [0.2, 0.25) is 0 Å². The van der Waals surface area contributed by atoms with E-state index in [-0.39, 0.29) is 18.4 Å². The van der Waals surface area contributed by atoms with E-state index >= 15 is 0 Å². The number of halogens is 1. The van der Waals surface area contributed by atoms with Crippen molar-refractivity contribution in [3.8, 4) is 5.75 Å². The van der Waals surface area contributed by atoms with Crippen molar-refractivity contribution in [3.05, 3.63) is 64.5 Å². The lowest BCUT2D eigenvalue weighted by Gasteiger charge is -2.30. The van der Waals surface area contributed by atoms with Crippen molar-refractivity contribution in [1.82, 2.24) is 9.62 Å². The first-order valence-electron chi connectivity index (χ1n) is 10.5. The van der Waals surface area contributed by atoms with Gasteiger partial charge in [-0.05, 0) is 58.9 Å². The van der Waals surface area contributed by atoms with Crippen LogP contribution in [0.5, 0.6) is 5.75 Å². The molecule has 0 radical (unpaired) electrons. The molecule has 2 aliphatic rings. The van der Waals surface area contributed by atoms with E-state index in [0.29, 0.717) is 34.4 Å². The summed E-state index contributed by atoms with van der Waals surface area (Å²) in [6.45, 7) is 9.23. The summed E-state index contributed by atoms with van der Waals surface area (Å²) in [5.41, 5.74) is 1.08. The lowest BCUT2D eigenvalue weighted by molar-refractivity contribution is 0.0416. The molecular weight excluding hydrogens is 431 g/mol. The summed E-state index contributed by atoms with van der Waals surface area (Å²) in [7, 11) is 0. The van der Waals surface area contributed by atoms with Gasteiger partial charge in [-0.25, -0.2) is 4.39 Å². The molecular formula is C24H27FN2O4S. The molecule has 6 nitrogen and oxygen atoms in total. The van der Waals surface area contributed by atoms with Gasteiger partial charge in [0.15, 0.2) is 0 Å². The second kappa shape index (κ2) is 7.86. The maximum absolute atomic E-state index is 14.4. The summed E-state index contributed by atoms with van der Waals surface area (Å²) in [4.78, 5) is 26.8. The minimum atomic E-state index is -1.35. The second-order valence-electron chi connectivity index (χ2n) is 9.67. The van der Waals surface area contributed by atoms with Gasteiger partial charge in [-0.1, -0.05) is 12.1 Å². The van der Waals surface area contributed by atoms with Crippen molar-refractivity contribution in [2.75, 3.05) is 6.54 Å². The molecule has 0 saturated carbocycles. The van der Waals surface area contributed by atoms with Gasteiger partial charge in [0, 0.05) is 28.9 Å². The van der Waals surface area contributed by atoms with Gasteiger partial charge in [0.25, 0.3) is 11.8 Å². The van der Waals surface area contributed by atoms with Crippen LogP contribution in [0.1, 0.15) is 72.5 Å². The standard InChI is InChI=1S/C24H27FN2O4S/c1-14(26-32(30)23(2,3)4)19-11-16(25)10-15-12-24(5,31-20(15)19)13-27-21(28)17-8-6-7-9-18(17)22(27)29/h6-11,14,26H,12-13H2,1-5H3/t14?,24-,32?/m1/s1. The molecule has 170 valence electrons. The van der Waals surface area contributed by atoms with Crippen molar-refractivity contribution < 1.29 is 23.3 Å². The Hall–Kier alpha value is -2.42.